The Labute approximate surface area is 121 Å². The molecule has 0 aromatic carbocycles. The first-order chi connectivity index (χ1) is 9.83. The molecule has 0 aliphatic heterocycles. The molecule has 0 radical (unpaired) electrons. The highest BCUT2D eigenvalue weighted by Gasteiger charge is 2.21. The van der Waals surface area contributed by atoms with Gasteiger partial charge in [-0.3, -0.25) is 0 Å². The fourth-order valence-corrected chi connectivity index (χ4v) is 2.65. The van der Waals surface area contributed by atoms with Crippen molar-refractivity contribution in [3.05, 3.63) is 29.6 Å². The SMILES string of the molecule is CCCNC1CCC(OCc2cccnc2C#N)CC1. The monoisotopic (exact) mass is 273 g/mol. The number of hydrogen-bond acceptors (Lipinski definition) is 4. The molecule has 4 heteroatoms. The lowest BCUT2D eigenvalue weighted by Crippen LogP contribution is -2.35. The van der Waals surface area contributed by atoms with Crippen LogP contribution in [0.5, 0.6) is 0 Å². The Morgan fingerprint density at radius 1 is 1.40 bits per heavy atom. The van der Waals surface area contributed by atoms with E-state index in [0.717, 1.165) is 24.9 Å². The van der Waals surface area contributed by atoms with E-state index < -0.39 is 0 Å². The van der Waals surface area contributed by atoms with E-state index in [4.69, 9.17) is 10.00 Å². The zero-order valence-corrected chi connectivity index (χ0v) is 12.1. The van der Waals surface area contributed by atoms with Crippen molar-refractivity contribution in [3.63, 3.8) is 0 Å². The van der Waals surface area contributed by atoms with E-state index in [2.05, 4.69) is 23.3 Å². The lowest BCUT2D eigenvalue weighted by molar-refractivity contribution is 0.0111. The van der Waals surface area contributed by atoms with Crippen LogP contribution in [0, 0.1) is 11.3 Å². The van der Waals surface area contributed by atoms with Crippen molar-refractivity contribution in [1.29, 1.82) is 5.26 Å². The maximum atomic E-state index is 9.00. The van der Waals surface area contributed by atoms with Gasteiger partial charge in [0.1, 0.15) is 11.8 Å². The summed E-state index contributed by atoms with van der Waals surface area (Å²) in [5, 5.41) is 12.6. The van der Waals surface area contributed by atoms with Gasteiger partial charge in [0, 0.05) is 17.8 Å². The second-order valence-electron chi connectivity index (χ2n) is 5.36. The predicted molar refractivity (Wildman–Crippen MR) is 78.1 cm³/mol. The molecule has 0 atom stereocenters. The van der Waals surface area contributed by atoms with Crippen LogP contribution in [0.2, 0.25) is 0 Å². The van der Waals surface area contributed by atoms with Crippen LogP contribution in [0.25, 0.3) is 0 Å². The van der Waals surface area contributed by atoms with Gasteiger partial charge in [-0.15, -0.1) is 0 Å². The Hall–Kier alpha value is -1.44. The van der Waals surface area contributed by atoms with Gasteiger partial charge in [0.2, 0.25) is 0 Å². The molecule has 1 aliphatic carbocycles. The lowest BCUT2D eigenvalue weighted by atomic mass is 9.93. The quantitative estimate of drug-likeness (QED) is 0.866. The summed E-state index contributed by atoms with van der Waals surface area (Å²) in [5.41, 5.74) is 1.37. The van der Waals surface area contributed by atoms with Gasteiger partial charge in [0.05, 0.1) is 12.7 Å². The summed E-state index contributed by atoms with van der Waals surface area (Å²) >= 11 is 0. The molecule has 1 aromatic heterocycles. The average Bonchev–Trinajstić information content (AvgIpc) is 2.52. The zero-order chi connectivity index (χ0) is 14.2. The van der Waals surface area contributed by atoms with Gasteiger partial charge >= 0.3 is 0 Å². The van der Waals surface area contributed by atoms with E-state index in [1.54, 1.807) is 6.20 Å². The number of ether oxygens (including phenoxy) is 1. The first-order valence-electron chi connectivity index (χ1n) is 7.52. The third-order valence-corrected chi connectivity index (χ3v) is 3.83. The summed E-state index contributed by atoms with van der Waals surface area (Å²) in [7, 11) is 0. The van der Waals surface area contributed by atoms with Crippen LogP contribution in [0.1, 0.15) is 50.3 Å². The molecule has 0 bridgehead atoms. The van der Waals surface area contributed by atoms with Gasteiger partial charge in [-0.25, -0.2) is 4.98 Å². The molecule has 108 valence electrons. The fourth-order valence-electron chi connectivity index (χ4n) is 2.65. The van der Waals surface area contributed by atoms with E-state index in [-0.39, 0.29) is 0 Å². The van der Waals surface area contributed by atoms with Crippen LogP contribution >= 0.6 is 0 Å². The number of pyridine rings is 1. The second-order valence-corrected chi connectivity index (χ2v) is 5.36. The van der Waals surface area contributed by atoms with E-state index >= 15 is 0 Å². The van der Waals surface area contributed by atoms with E-state index in [1.165, 1.54) is 19.3 Å². The minimum absolute atomic E-state index is 0.321. The second kappa shape index (κ2) is 7.98. The van der Waals surface area contributed by atoms with Crippen LogP contribution in [0.4, 0.5) is 0 Å². The van der Waals surface area contributed by atoms with Crippen LogP contribution < -0.4 is 5.32 Å². The van der Waals surface area contributed by atoms with E-state index in [1.807, 2.05) is 12.1 Å². The van der Waals surface area contributed by atoms with Crippen molar-refractivity contribution in [3.8, 4) is 6.07 Å². The molecule has 1 heterocycles. The summed E-state index contributed by atoms with van der Waals surface area (Å²) in [4.78, 5) is 4.06. The van der Waals surface area contributed by atoms with Crippen molar-refractivity contribution in [2.45, 2.75) is 57.8 Å². The molecule has 20 heavy (non-hydrogen) atoms. The number of rotatable bonds is 6. The van der Waals surface area contributed by atoms with Gasteiger partial charge in [0.25, 0.3) is 0 Å². The number of nitrogens with one attached hydrogen (secondary N) is 1. The van der Waals surface area contributed by atoms with Crippen LogP contribution in [0.15, 0.2) is 18.3 Å². The topological polar surface area (TPSA) is 57.9 Å². The largest absolute Gasteiger partial charge is 0.373 e. The molecule has 0 unspecified atom stereocenters. The average molecular weight is 273 g/mol. The summed E-state index contributed by atoms with van der Waals surface area (Å²) in [6.07, 6.45) is 7.72. The highest BCUT2D eigenvalue weighted by Crippen LogP contribution is 2.22. The summed E-state index contributed by atoms with van der Waals surface area (Å²) in [6, 6.07) is 6.54. The Balaban J connectivity index is 1.75. The van der Waals surface area contributed by atoms with E-state index in [9.17, 15) is 0 Å². The fraction of sp³-hybridized carbons (Fsp3) is 0.625. The number of nitrogens with zero attached hydrogens (tertiary/aromatic N) is 2. The minimum Gasteiger partial charge on any atom is -0.373 e. The predicted octanol–water partition coefficient (Wildman–Crippen LogP) is 2.78. The molecular weight excluding hydrogens is 250 g/mol. The molecule has 1 aromatic rings. The molecule has 1 N–H and O–H groups in total. The number of hydrogen-bond donors (Lipinski definition) is 1. The molecule has 1 saturated carbocycles. The Bertz CT molecular complexity index is 447. The number of nitriles is 1. The van der Waals surface area contributed by atoms with Crippen molar-refractivity contribution >= 4 is 0 Å². The standard InChI is InChI=1S/C16H23N3O/c1-2-9-18-14-5-7-15(8-6-14)20-12-13-4-3-10-19-16(13)11-17/h3-4,10,14-15,18H,2,5-9,12H2,1H3. The molecular formula is C16H23N3O. The maximum Gasteiger partial charge on any atom is 0.145 e. The maximum absolute atomic E-state index is 9.00. The van der Waals surface area contributed by atoms with E-state index in [0.29, 0.717) is 24.4 Å². The van der Waals surface area contributed by atoms with Crippen LogP contribution in [-0.4, -0.2) is 23.7 Å². The van der Waals surface area contributed by atoms with Crippen molar-refractivity contribution in [2.24, 2.45) is 0 Å². The van der Waals surface area contributed by atoms with Gasteiger partial charge in [-0.2, -0.15) is 5.26 Å². The van der Waals surface area contributed by atoms with Crippen molar-refractivity contribution in [1.82, 2.24) is 10.3 Å². The lowest BCUT2D eigenvalue weighted by Gasteiger charge is -2.29. The Morgan fingerprint density at radius 3 is 2.90 bits per heavy atom. The first kappa shape index (κ1) is 15.0. The summed E-state index contributed by atoms with van der Waals surface area (Å²) < 4.78 is 5.95. The third-order valence-electron chi connectivity index (χ3n) is 3.83. The molecule has 0 saturated heterocycles. The van der Waals surface area contributed by atoms with Crippen molar-refractivity contribution in [2.75, 3.05) is 6.54 Å². The number of aromatic nitrogens is 1. The highest BCUT2D eigenvalue weighted by molar-refractivity contribution is 5.29. The Kier molecular flexibility index (Phi) is 5.97. The Morgan fingerprint density at radius 2 is 2.20 bits per heavy atom. The van der Waals surface area contributed by atoms with Crippen LogP contribution in [0.3, 0.4) is 0 Å². The summed E-state index contributed by atoms with van der Waals surface area (Å²) in [5.74, 6) is 0. The molecule has 0 spiro atoms. The minimum atomic E-state index is 0.321. The summed E-state index contributed by atoms with van der Waals surface area (Å²) in [6.45, 7) is 3.80. The van der Waals surface area contributed by atoms with Crippen molar-refractivity contribution < 1.29 is 4.74 Å². The highest BCUT2D eigenvalue weighted by atomic mass is 16.5. The molecule has 1 fully saturated rings. The van der Waals surface area contributed by atoms with Crippen LogP contribution in [-0.2, 0) is 11.3 Å². The van der Waals surface area contributed by atoms with Gasteiger partial charge in [0.15, 0.2) is 0 Å². The molecule has 0 amide bonds. The normalized spacial score (nSPS) is 22.4. The van der Waals surface area contributed by atoms with Gasteiger partial charge in [-0.1, -0.05) is 13.0 Å². The smallest absolute Gasteiger partial charge is 0.145 e. The molecule has 2 rings (SSSR count). The molecule has 1 aliphatic rings. The zero-order valence-electron chi connectivity index (χ0n) is 12.1. The van der Waals surface area contributed by atoms with Gasteiger partial charge < -0.3 is 10.1 Å². The molecule has 4 nitrogen and oxygen atoms in total. The van der Waals surface area contributed by atoms with Gasteiger partial charge in [-0.05, 0) is 44.7 Å². The third kappa shape index (κ3) is 4.29. The first-order valence-corrected chi connectivity index (χ1v) is 7.52.